The van der Waals surface area contributed by atoms with Crippen LogP contribution in [0.1, 0.15) is 13.3 Å². The van der Waals surface area contributed by atoms with Crippen molar-refractivity contribution in [2.45, 2.75) is 19.4 Å². The van der Waals surface area contributed by atoms with E-state index in [0.717, 1.165) is 6.42 Å². The van der Waals surface area contributed by atoms with Crippen LogP contribution in [0.25, 0.3) is 0 Å². The Kier molecular flexibility index (Phi) is 10.7. The van der Waals surface area contributed by atoms with Gasteiger partial charge in [0.25, 0.3) is 0 Å². The van der Waals surface area contributed by atoms with Crippen molar-refractivity contribution in [3.63, 3.8) is 0 Å². The molecule has 13 heavy (non-hydrogen) atoms. The Morgan fingerprint density at radius 1 is 1.46 bits per heavy atom. The maximum atomic E-state index is 5.01. The lowest BCUT2D eigenvalue weighted by Gasteiger charge is -2.09. The maximum Gasteiger partial charge on any atom is 0.0801 e. The molecular weight excluding hydrogens is 204 g/mol. The summed E-state index contributed by atoms with van der Waals surface area (Å²) in [5, 5.41) is 2.12. The minimum atomic E-state index is 0.278. The standard InChI is InChI=1S/C6H14O2.C3H4S2/c1-4-6(8-3)5-7-2;1-2-4-5-3-1/h6H,4-5H2,1-3H3;1-2H,3H2. The molecule has 78 valence electrons. The summed E-state index contributed by atoms with van der Waals surface area (Å²) in [7, 11) is 7.07. The number of ether oxygens (including phenoxy) is 2. The highest BCUT2D eigenvalue weighted by Crippen LogP contribution is 2.27. The van der Waals surface area contributed by atoms with Crippen LogP contribution < -0.4 is 0 Å². The lowest BCUT2D eigenvalue weighted by atomic mass is 10.3. The number of methoxy groups -OCH3 is 2. The molecule has 1 rings (SSSR count). The Hall–Kier alpha value is 0.360. The van der Waals surface area contributed by atoms with E-state index < -0.39 is 0 Å². The van der Waals surface area contributed by atoms with Crippen LogP contribution in [0, 0.1) is 0 Å². The van der Waals surface area contributed by atoms with Crippen molar-refractivity contribution in [3.05, 3.63) is 11.5 Å². The molecule has 1 atom stereocenters. The highest BCUT2D eigenvalue weighted by atomic mass is 33.1. The molecule has 0 amide bonds. The lowest BCUT2D eigenvalue weighted by Crippen LogP contribution is -2.15. The molecule has 0 aromatic rings. The van der Waals surface area contributed by atoms with Gasteiger partial charge in [0.15, 0.2) is 0 Å². The molecule has 0 radical (unpaired) electrons. The predicted molar refractivity (Wildman–Crippen MR) is 62.2 cm³/mol. The minimum absolute atomic E-state index is 0.278. The average molecular weight is 222 g/mol. The molecule has 1 unspecified atom stereocenters. The third kappa shape index (κ3) is 8.68. The summed E-state index contributed by atoms with van der Waals surface area (Å²) in [6, 6.07) is 0. The summed E-state index contributed by atoms with van der Waals surface area (Å²) in [5.41, 5.74) is 0. The van der Waals surface area contributed by atoms with E-state index in [-0.39, 0.29) is 6.10 Å². The minimum Gasteiger partial charge on any atom is -0.382 e. The van der Waals surface area contributed by atoms with Crippen LogP contribution in [0.15, 0.2) is 11.5 Å². The predicted octanol–water partition coefficient (Wildman–Crippen LogP) is 2.95. The topological polar surface area (TPSA) is 18.5 Å². The van der Waals surface area contributed by atoms with E-state index in [1.54, 1.807) is 14.2 Å². The van der Waals surface area contributed by atoms with Crippen LogP contribution in [0.3, 0.4) is 0 Å². The summed E-state index contributed by atoms with van der Waals surface area (Å²) >= 11 is 0. The Morgan fingerprint density at radius 3 is 2.38 bits per heavy atom. The molecule has 0 aromatic heterocycles. The zero-order chi connectivity index (χ0) is 9.94. The Labute approximate surface area is 88.8 Å². The van der Waals surface area contributed by atoms with Crippen LogP contribution in [0.5, 0.6) is 0 Å². The quantitative estimate of drug-likeness (QED) is 0.680. The van der Waals surface area contributed by atoms with Gasteiger partial charge in [0, 0.05) is 20.0 Å². The van der Waals surface area contributed by atoms with Crippen molar-refractivity contribution in [3.8, 4) is 0 Å². The average Bonchev–Trinajstić information content (AvgIpc) is 2.72. The zero-order valence-electron chi connectivity index (χ0n) is 8.49. The van der Waals surface area contributed by atoms with Gasteiger partial charge in [-0.25, -0.2) is 0 Å². The Bertz CT molecular complexity index is 119. The van der Waals surface area contributed by atoms with Crippen LogP contribution in [0.2, 0.25) is 0 Å². The van der Waals surface area contributed by atoms with Crippen molar-refractivity contribution < 1.29 is 9.47 Å². The van der Waals surface area contributed by atoms with Gasteiger partial charge in [-0.1, -0.05) is 34.6 Å². The molecule has 0 spiro atoms. The third-order valence-electron chi connectivity index (χ3n) is 1.53. The molecule has 0 fully saturated rings. The molecule has 1 heterocycles. The van der Waals surface area contributed by atoms with E-state index in [0.29, 0.717) is 6.61 Å². The van der Waals surface area contributed by atoms with Crippen molar-refractivity contribution in [1.29, 1.82) is 0 Å². The van der Waals surface area contributed by atoms with Gasteiger partial charge in [-0.3, -0.25) is 0 Å². The second kappa shape index (κ2) is 10.4. The summed E-state index contributed by atoms with van der Waals surface area (Å²) in [4.78, 5) is 0. The van der Waals surface area contributed by atoms with E-state index in [1.165, 1.54) is 5.75 Å². The molecule has 1 aliphatic rings. The molecule has 0 saturated carbocycles. The SMILES string of the molecule is C1=CSSC1.CCC(COC)OC. The van der Waals surface area contributed by atoms with Crippen molar-refractivity contribution in [2.75, 3.05) is 26.6 Å². The van der Waals surface area contributed by atoms with E-state index in [9.17, 15) is 0 Å². The number of hydrogen-bond donors (Lipinski definition) is 0. The largest absolute Gasteiger partial charge is 0.382 e. The van der Waals surface area contributed by atoms with Crippen molar-refractivity contribution >= 4 is 21.6 Å². The second-order valence-electron chi connectivity index (χ2n) is 2.47. The van der Waals surface area contributed by atoms with Gasteiger partial charge in [-0.2, -0.15) is 0 Å². The molecule has 0 saturated heterocycles. The molecule has 2 nitrogen and oxygen atoms in total. The van der Waals surface area contributed by atoms with Gasteiger partial charge in [-0.15, -0.1) is 0 Å². The normalized spacial score (nSPS) is 16.5. The molecule has 0 aromatic carbocycles. The first kappa shape index (κ1) is 13.4. The van der Waals surface area contributed by atoms with E-state index in [4.69, 9.17) is 9.47 Å². The smallest absolute Gasteiger partial charge is 0.0801 e. The van der Waals surface area contributed by atoms with Crippen molar-refractivity contribution in [2.24, 2.45) is 0 Å². The van der Waals surface area contributed by atoms with Gasteiger partial charge < -0.3 is 9.47 Å². The fraction of sp³-hybridized carbons (Fsp3) is 0.778. The first-order valence-electron chi connectivity index (χ1n) is 4.30. The third-order valence-corrected chi connectivity index (χ3v) is 3.44. The maximum absolute atomic E-state index is 5.01. The van der Waals surface area contributed by atoms with E-state index in [1.807, 2.05) is 21.6 Å². The van der Waals surface area contributed by atoms with Gasteiger partial charge in [-0.05, 0) is 11.8 Å². The van der Waals surface area contributed by atoms with Gasteiger partial charge in [0.1, 0.15) is 0 Å². The fourth-order valence-electron chi connectivity index (χ4n) is 0.735. The van der Waals surface area contributed by atoms with Crippen LogP contribution in [-0.4, -0.2) is 32.7 Å². The van der Waals surface area contributed by atoms with E-state index >= 15 is 0 Å². The first-order chi connectivity index (χ1) is 6.35. The highest BCUT2D eigenvalue weighted by molar-refractivity contribution is 8.78. The van der Waals surface area contributed by atoms with Gasteiger partial charge in [0.2, 0.25) is 0 Å². The Balaban J connectivity index is 0.000000243. The van der Waals surface area contributed by atoms with Crippen LogP contribution >= 0.6 is 21.6 Å². The molecule has 0 aliphatic carbocycles. The molecule has 1 aliphatic heterocycles. The van der Waals surface area contributed by atoms with Gasteiger partial charge in [0.05, 0.1) is 12.7 Å². The molecule has 0 N–H and O–H groups in total. The number of rotatable bonds is 4. The summed E-state index contributed by atoms with van der Waals surface area (Å²) < 4.78 is 9.88. The fourth-order valence-corrected chi connectivity index (χ4v) is 2.31. The van der Waals surface area contributed by atoms with Crippen LogP contribution in [-0.2, 0) is 9.47 Å². The number of hydrogen-bond acceptors (Lipinski definition) is 4. The van der Waals surface area contributed by atoms with Crippen LogP contribution in [0.4, 0.5) is 0 Å². The lowest BCUT2D eigenvalue weighted by molar-refractivity contribution is 0.0265. The molecule has 0 bridgehead atoms. The molecular formula is C9H18O2S2. The van der Waals surface area contributed by atoms with Gasteiger partial charge >= 0.3 is 0 Å². The van der Waals surface area contributed by atoms with E-state index in [2.05, 4.69) is 18.4 Å². The summed E-state index contributed by atoms with van der Waals surface area (Å²) in [5.74, 6) is 1.20. The zero-order valence-corrected chi connectivity index (χ0v) is 10.1. The summed E-state index contributed by atoms with van der Waals surface area (Å²) in [6.07, 6.45) is 3.46. The molecule has 4 heteroatoms. The monoisotopic (exact) mass is 222 g/mol. The summed E-state index contributed by atoms with van der Waals surface area (Å²) in [6.45, 7) is 2.78. The second-order valence-corrected chi connectivity index (χ2v) is 4.79. The highest BCUT2D eigenvalue weighted by Gasteiger charge is 2.00. The first-order valence-corrected chi connectivity index (χ1v) is 6.68. The Morgan fingerprint density at radius 2 is 2.23 bits per heavy atom. The van der Waals surface area contributed by atoms with Crippen molar-refractivity contribution in [1.82, 2.24) is 0 Å².